The van der Waals surface area contributed by atoms with Crippen molar-refractivity contribution in [3.63, 3.8) is 0 Å². The first-order chi connectivity index (χ1) is 15.1. The number of aliphatic carboxylic acids is 1. The maximum absolute atomic E-state index is 12.7. The molecule has 0 saturated heterocycles. The monoisotopic (exact) mass is 457 g/mol. The van der Waals surface area contributed by atoms with Crippen molar-refractivity contribution < 1.29 is 37.7 Å². The second kappa shape index (κ2) is 9.78. The van der Waals surface area contributed by atoms with Gasteiger partial charge in [0.15, 0.2) is 11.5 Å². The molecule has 3 rings (SSSR count). The first-order valence-electron chi connectivity index (χ1n) is 10.2. The molecule has 5 N–H and O–H groups in total. The van der Waals surface area contributed by atoms with E-state index in [0.29, 0.717) is 18.3 Å². The number of aromatic nitrogens is 1. The van der Waals surface area contributed by atoms with Crippen LogP contribution in [0.2, 0.25) is 0 Å². The quantitative estimate of drug-likeness (QED) is 0.397. The van der Waals surface area contributed by atoms with Crippen LogP contribution >= 0.6 is 0 Å². The molecule has 1 fully saturated rings. The first kappa shape index (κ1) is 23.9. The Kier molecular flexibility index (Phi) is 7.29. The van der Waals surface area contributed by atoms with E-state index < -0.39 is 48.9 Å². The summed E-state index contributed by atoms with van der Waals surface area (Å²) in [5, 5.41) is 22.8. The van der Waals surface area contributed by atoms with Crippen LogP contribution in [0.5, 0.6) is 5.75 Å². The third kappa shape index (κ3) is 6.36. The lowest BCUT2D eigenvalue weighted by molar-refractivity contribution is -0.162. The third-order valence-electron chi connectivity index (χ3n) is 5.39. The number of carbonyl (C=O) groups is 1. The lowest BCUT2D eigenvalue weighted by Gasteiger charge is -2.30. The van der Waals surface area contributed by atoms with Gasteiger partial charge in [-0.05, 0) is 30.6 Å². The smallest absolute Gasteiger partial charge is 0.414 e. The fourth-order valence-electron chi connectivity index (χ4n) is 3.12. The fraction of sp³-hybridized carbons (Fsp3) is 0.524. The predicted molar refractivity (Wildman–Crippen MR) is 108 cm³/mol. The van der Waals surface area contributed by atoms with Gasteiger partial charge in [0.05, 0.1) is 18.2 Å². The van der Waals surface area contributed by atoms with E-state index in [4.69, 9.17) is 15.2 Å². The number of aliphatic hydroxyl groups is 1. The van der Waals surface area contributed by atoms with E-state index in [9.17, 15) is 28.2 Å². The molecule has 0 aromatic carbocycles. The van der Waals surface area contributed by atoms with Crippen molar-refractivity contribution in [2.75, 3.05) is 19.8 Å². The number of nitrogens with one attached hydrogen (secondary N) is 1. The number of hydrogen-bond acceptors (Lipinski definition) is 7. The molecule has 0 radical (unpaired) electrons. The summed E-state index contributed by atoms with van der Waals surface area (Å²) >= 11 is 0. The Morgan fingerprint density at radius 1 is 1.31 bits per heavy atom. The van der Waals surface area contributed by atoms with Crippen LogP contribution in [0, 0.1) is 5.92 Å². The zero-order valence-corrected chi connectivity index (χ0v) is 17.3. The Hall–Kier alpha value is -2.79. The summed E-state index contributed by atoms with van der Waals surface area (Å²) in [5.74, 6) is -0.363. The van der Waals surface area contributed by atoms with Gasteiger partial charge >= 0.3 is 12.1 Å². The van der Waals surface area contributed by atoms with Crippen LogP contribution in [-0.2, 0) is 16.0 Å². The number of nitrogens with zero attached hydrogens (tertiary/aromatic N) is 1. The SMILES string of the molecule is N[C@@H](COC1=CC=C(C(F)(F)F)CN1)[C@](O)(Cc1cc(OCCC2CC2)ccn1)C(=O)O. The predicted octanol–water partition coefficient (Wildman–Crippen LogP) is 1.90. The van der Waals surface area contributed by atoms with Gasteiger partial charge in [0.2, 0.25) is 0 Å². The minimum absolute atomic E-state index is 0.00891. The topological polar surface area (TPSA) is 127 Å². The van der Waals surface area contributed by atoms with Gasteiger partial charge in [-0.15, -0.1) is 0 Å². The van der Waals surface area contributed by atoms with Gasteiger partial charge in [0.1, 0.15) is 12.4 Å². The Balaban J connectivity index is 1.60. The molecule has 1 aromatic rings. The summed E-state index contributed by atoms with van der Waals surface area (Å²) in [6, 6.07) is 1.80. The largest absolute Gasteiger partial charge is 0.493 e. The van der Waals surface area contributed by atoms with E-state index in [1.165, 1.54) is 19.0 Å². The number of nitrogens with two attached hydrogens (primary N) is 1. The van der Waals surface area contributed by atoms with Crippen LogP contribution in [0.1, 0.15) is 25.0 Å². The third-order valence-corrected chi connectivity index (χ3v) is 5.39. The number of hydrogen-bond donors (Lipinski definition) is 4. The zero-order valence-electron chi connectivity index (χ0n) is 17.3. The van der Waals surface area contributed by atoms with Crippen LogP contribution < -0.4 is 15.8 Å². The van der Waals surface area contributed by atoms with Gasteiger partial charge < -0.3 is 30.7 Å². The molecule has 0 unspecified atom stereocenters. The first-order valence-corrected chi connectivity index (χ1v) is 10.2. The van der Waals surface area contributed by atoms with Crippen molar-refractivity contribution in [3.05, 3.63) is 47.6 Å². The van der Waals surface area contributed by atoms with Gasteiger partial charge in [-0.1, -0.05) is 12.8 Å². The summed E-state index contributed by atoms with van der Waals surface area (Å²) in [7, 11) is 0. The zero-order chi connectivity index (χ0) is 23.4. The highest BCUT2D eigenvalue weighted by atomic mass is 19.4. The summed E-state index contributed by atoms with van der Waals surface area (Å²) < 4.78 is 48.9. The highest BCUT2D eigenvalue weighted by molar-refractivity contribution is 5.78. The van der Waals surface area contributed by atoms with Gasteiger partial charge in [-0.25, -0.2) is 4.79 Å². The van der Waals surface area contributed by atoms with Crippen molar-refractivity contribution >= 4 is 5.97 Å². The second-order valence-corrected chi connectivity index (χ2v) is 7.96. The highest BCUT2D eigenvalue weighted by Gasteiger charge is 2.44. The molecule has 0 spiro atoms. The normalized spacial score (nSPS) is 19.2. The van der Waals surface area contributed by atoms with E-state index in [1.807, 2.05) is 0 Å². The van der Waals surface area contributed by atoms with Crippen molar-refractivity contribution in [1.29, 1.82) is 0 Å². The summed E-state index contributed by atoms with van der Waals surface area (Å²) in [5.41, 5.74) is 2.98. The van der Waals surface area contributed by atoms with Crippen LogP contribution in [0.3, 0.4) is 0 Å². The molecular weight excluding hydrogens is 431 g/mol. The number of carboxylic acid groups (broad SMARTS) is 1. The molecule has 2 atom stereocenters. The maximum Gasteiger partial charge on any atom is 0.414 e. The van der Waals surface area contributed by atoms with Crippen molar-refractivity contribution in [3.8, 4) is 5.75 Å². The van der Waals surface area contributed by atoms with Crippen LogP contribution in [0.25, 0.3) is 0 Å². The van der Waals surface area contributed by atoms with Crippen molar-refractivity contribution in [2.45, 2.75) is 43.5 Å². The molecule has 8 nitrogen and oxygen atoms in total. The van der Waals surface area contributed by atoms with Gasteiger partial charge in [-0.3, -0.25) is 4.98 Å². The molecule has 32 heavy (non-hydrogen) atoms. The van der Waals surface area contributed by atoms with Gasteiger partial charge in [-0.2, -0.15) is 13.2 Å². The van der Waals surface area contributed by atoms with E-state index >= 15 is 0 Å². The lowest BCUT2D eigenvalue weighted by Crippen LogP contribution is -2.57. The summed E-state index contributed by atoms with van der Waals surface area (Å²) in [6.07, 6.45) is 1.89. The molecule has 1 aliphatic heterocycles. The van der Waals surface area contributed by atoms with Crippen molar-refractivity contribution in [1.82, 2.24) is 10.3 Å². The van der Waals surface area contributed by atoms with E-state index in [0.717, 1.165) is 18.6 Å². The minimum Gasteiger partial charge on any atom is -0.493 e. The number of dihydropyridines is 1. The molecule has 1 aliphatic carbocycles. The highest BCUT2D eigenvalue weighted by Crippen LogP contribution is 2.32. The number of allylic oxidation sites excluding steroid dienone is 2. The Morgan fingerprint density at radius 2 is 2.06 bits per heavy atom. The molecule has 0 bridgehead atoms. The number of carboxylic acids is 1. The van der Waals surface area contributed by atoms with Crippen LogP contribution in [0.15, 0.2) is 41.9 Å². The van der Waals surface area contributed by atoms with Gasteiger partial charge in [0, 0.05) is 30.9 Å². The molecule has 1 aromatic heterocycles. The van der Waals surface area contributed by atoms with E-state index in [1.54, 1.807) is 12.1 Å². The molecule has 1 saturated carbocycles. The Morgan fingerprint density at radius 3 is 2.66 bits per heavy atom. The number of alkyl halides is 3. The summed E-state index contributed by atoms with van der Waals surface area (Å²) in [4.78, 5) is 15.9. The number of halogens is 3. The lowest BCUT2D eigenvalue weighted by atomic mass is 9.89. The average Bonchev–Trinajstić information content (AvgIpc) is 3.56. The molecule has 2 heterocycles. The minimum atomic E-state index is -4.46. The maximum atomic E-state index is 12.7. The fourth-order valence-corrected chi connectivity index (χ4v) is 3.12. The Bertz CT molecular complexity index is 886. The number of pyridine rings is 1. The number of ether oxygens (including phenoxy) is 2. The van der Waals surface area contributed by atoms with Crippen LogP contribution in [-0.4, -0.2) is 58.7 Å². The van der Waals surface area contributed by atoms with E-state index in [-0.39, 0.29) is 11.6 Å². The van der Waals surface area contributed by atoms with Crippen molar-refractivity contribution in [2.24, 2.45) is 11.7 Å². The molecule has 0 amide bonds. The average molecular weight is 457 g/mol. The summed E-state index contributed by atoms with van der Waals surface area (Å²) in [6.45, 7) is -0.406. The number of rotatable bonds is 11. The van der Waals surface area contributed by atoms with E-state index in [2.05, 4.69) is 10.3 Å². The molecular formula is C21H26F3N3O5. The van der Waals surface area contributed by atoms with Gasteiger partial charge in [0.25, 0.3) is 0 Å². The second-order valence-electron chi connectivity index (χ2n) is 7.96. The molecule has 2 aliphatic rings. The van der Waals surface area contributed by atoms with Crippen LogP contribution in [0.4, 0.5) is 13.2 Å². The Labute approximate surface area is 182 Å². The molecule has 176 valence electrons. The standard InChI is InChI=1S/C21H26F3N3O5/c22-21(23,24)14-3-4-18(27-11-14)32-12-17(25)20(30,19(28)29)10-15-9-16(5-7-26-15)31-8-6-13-1-2-13/h3-5,7,9,13,17,27,30H,1-2,6,8,10-12,25H2,(H,28,29)/t17-,20+/m0/s1. The molecule has 11 heteroatoms.